The van der Waals surface area contributed by atoms with Gasteiger partial charge in [-0.15, -0.1) is 12.4 Å². The van der Waals surface area contributed by atoms with Crippen molar-refractivity contribution in [1.82, 2.24) is 0 Å². The molecule has 1 fully saturated rings. The van der Waals surface area contributed by atoms with Crippen LogP contribution in [0.2, 0.25) is 0 Å². The first kappa shape index (κ1) is 16.8. The number of carbonyl (C=O) groups excluding carboxylic acids is 1. The molecule has 112 valence electrons. The largest absolute Gasteiger partial charge is 0.492 e. The lowest BCUT2D eigenvalue weighted by Crippen LogP contribution is -2.19. The first-order chi connectivity index (χ1) is 9.28. The molecule has 0 bridgehead atoms. The van der Waals surface area contributed by atoms with Crippen LogP contribution in [0.4, 0.5) is 5.69 Å². The number of ether oxygens (including phenoxy) is 2. The number of benzene rings is 1. The van der Waals surface area contributed by atoms with Gasteiger partial charge in [-0.1, -0.05) is 0 Å². The van der Waals surface area contributed by atoms with Crippen molar-refractivity contribution in [1.29, 1.82) is 0 Å². The molecule has 0 aromatic heterocycles. The minimum Gasteiger partial charge on any atom is -0.492 e. The first-order valence-corrected chi connectivity index (χ1v) is 6.58. The molecular weight excluding hydrogens is 280 g/mol. The number of nitrogens with two attached hydrogens (primary N) is 1. The molecule has 1 amide bonds. The van der Waals surface area contributed by atoms with Gasteiger partial charge in [0.25, 0.3) is 0 Å². The van der Waals surface area contributed by atoms with Gasteiger partial charge in [-0.05, 0) is 43.0 Å². The monoisotopic (exact) mass is 300 g/mol. The Bertz CT molecular complexity index is 407. The zero-order chi connectivity index (χ0) is 13.5. The van der Waals surface area contributed by atoms with Gasteiger partial charge in [0.15, 0.2) is 0 Å². The van der Waals surface area contributed by atoms with E-state index >= 15 is 0 Å². The summed E-state index contributed by atoms with van der Waals surface area (Å²) < 4.78 is 10.7. The van der Waals surface area contributed by atoms with Gasteiger partial charge in [-0.2, -0.15) is 0 Å². The van der Waals surface area contributed by atoms with Gasteiger partial charge >= 0.3 is 0 Å². The lowest BCUT2D eigenvalue weighted by molar-refractivity contribution is -0.120. The Hall–Kier alpha value is -1.30. The van der Waals surface area contributed by atoms with E-state index in [9.17, 15) is 4.79 Å². The summed E-state index contributed by atoms with van der Waals surface area (Å²) >= 11 is 0. The zero-order valence-corrected chi connectivity index (χ0v) is 12.2. The summed E-state index contributed by atoms with van der Waals surface area (Å²) in [4.78, 5) is 11.6. The van der Waals surface area contributed by atoms with Crippen molar-refractivity contribution >= 4 is 24.0 Å². The van der Waals surface area contributed by atoms with Crippen molar-refractivity contribution in [3.63, 3.8) is 0 Å². The normalized spacial score (nSPS) is 13.4. The van der Waals surface area contributed by atoms with Crippen LogP contribution in [0.15, 0.2) is 24.3 Å². The molecule has 0 unspecified atom stereocenters. The van der Waals surface area contributed by atoms with Crippen molar-refractivity contribution in [2.45, 2.75) is 12.8 Å². The third-order valence-corrected chi connectivity index (χ3v) is 2.81. The smallest absolute Gasteiger partial charge is 0.250 e. The Balaban J connectivity index is 0.00000200. The van der Waals surface area contributed by atoms with Gasteiger partial charge in [0.2, 0.25) is 5.91 Å². The molecule has 1 aliphatic carbocycles. The second-order valence-corrected chi connectivity index (χ2v) is 4.67. The Morgan fingerprint density at radius 3 is 2.60 bits per heavy atom. The van der Waals surface area contributed by atoms with Crippen molar-refractivity contribution in [2.24, 2.45) is 11.7 Å². The van der Waals surface area contributed by atoms with Crippen LogP contribution in [-0.4, -0.2) is 32.3 Å². The quantitative estimate of drug-likeness (QED) is 0.768. The minimum atomic E-state index is -0.128. The molecule has 0 heterocycles. The summed E-state index contributed by atoms with van der Waals surface area (Å²) in [7, 11) is 0. The van der Waals surface area contributed by atoms with Gasteiger partial charge in [-0.3, -0.25) is 4.79 Å². The van der Waals surface area contributed by atoms with Crippen molar-refractivity contribution < 1.29 is 14.3 Å². The molecule has 20 heavy (non-hydrogen) atoms. The number of nitrogens with one attached hydrogen (secondary N) is 1. The predicted molar refractivity (Wildman–Crippen MR) is 80.4 cm³/mol. The van der Waals surface area contributed by atoms with E-state index in [0.717, 1.165) is 11.4 Å². The van der Waals surface area contributed by atoms with E-state index in [4.69, 9.17) is 15.2 Å². The molecule has 3 N–H and O–H groups in total. The molecule has 0 spiro atoms. The molecule has 2 rings (SSSR count). The zero-order valence-electron chi connectivity index (χ0n) is 11.3. The van der Waals surface area contributed by atoms with E-state index in [2.05, 4.69) is 5.32 Å². The average Bonchev–Trinajstić information content (AvgIpc) is 3.22. The van der Waals surface area contributed by atoms with E-state index in [-0.39, 0.29) is 24.9 Å². The number of halogens is 1. The van der Waals surface area contributed by atoms with Crippen LogP contribution in [0.5, 0.6) is 5.75 Å². The maximum absolute atomic E-state index is 11.6. The van der Waals surface area contributed by atoms with Crippen LogP contribution < -0.4 is 15.8 Å². The summed E-state index contributed by atoms with van der Waals surface area (Å²) in [6.07, 6.45) is 2.46. The van der Waals surface area contributed by atoms with Crippen LogP contribution >= 0.6 is 12.4 Å². The second kappa shape index (κ2) is 8.79. The Labute approximate surface area is 125 Å². The molecule has 0 saturated heterocycles. The van der Waals surface area contributed by atoms with Crippen LogP contribution in [-0.2, 0) is 9.53 Å². The third kappa shape index (κ3) is 6.23. The summed E-state index contributed by atoms with van der Waals surface area (Å²) in [5.74, 6) is 1.29. The molecule has 1 aromatic carbocycles. The third-order valence-electron chi connectivity index (χ3n) is 2.81. The fourth-order valence-corrected chi connectivity index (χ4v) is 1.61. The topological polar surface area (TPSA) is 73.6 Å². The summed E-state index contributed by atoms with van der Waals surface area (Å²) in [6, 6.07) is 7.20. The Morgan fingerprint density at radius 2 is 2.00 bits per heavy atom. The summed E-state index contributed by atoms with van der Waals surface area (Å²) in [6.45, 7) is 1.78. The maximum atomic E-state index is 11.6. The first-order valence-electron chi connectivity index (χ1n) is 6.58. The SMILES string of the molecule is Cl.NCCOc1ccc(NC(=O)COCC2CC2)cc1. The highest BCUT2D eigenvalue weighted by Gasteiger charge is 2.21. The Morgan fingerprint density at radius 1 is 1.30 bits per heavy atom. The van der Waals surface area contributed by atoms with Crippen molar-refractivity contribution in [3.05, 3.63) is 24.3 Å². The molecule has 1 aromatic rings. The van der Waals surface area contributed by atoms with E-state index in [1.807, 2.05) is 0 Å². The van der Waals surface area contributed by atoms with E-state index < -0.39 is 0 Å². The second-order valence-electron chi connectivity index (χ2n) is 4.67. The average molecular weight is 301 g/mol. The van der Waals surface area contributed by atoms with Crippen molar-refractivity contribution in [2.75, 3.05) is 31.7 Å². The van der Waals surface area contributed by atoms with Crippen LogP contribution in [0, 0.1) is 5.92 Å². The fourth-order valence-electron chi connectivity index (χ4n) is 1.61. The molecule has 1 saturated carbocycles. The van der Waals surface area contributed by atoms with Crippen LogP contribution in [0.3, 0.4) is 0 Å². The highest BCUT2D eigenvalue weighted by atomic mass is 35.5. The maximum Gasteiger partial charge on any atom is 0.250 e. The predicted octanol–water partition coefficient (Wildman–Crippen LogP) is 1.81. The highest BCUT2D eigenvalue weighted by Crippen LogP contribution is 2.28. The molecule has 1 aliphatic rings. The van der Waals surface area contributed by atoms with Gasteiger partial charge in [0.05, 0.1) is 6.61 Å². The number of hydrogen-bond donors (Lipinski definition) is 2. The summed E-state index contributed by atoms with van der Waals surface area (Å²) in [5.41, 5.74) is 6.08. The van der Waals surface area contributed by atoms with Crippen molar-refractivity contribution in [3.8, 4) is 5.75 Å². The van der Waals surface area contributed by atoms with Crippen LogP contribution in [0.1, 0.15) is 12.8 Å². The number of amides is 1. The molecule has 5 nitrogen and oxygen atoms in total. The molecular formula is C14H21ClN2O3. The minimum absolute atomic E-state index is 0. The van der Waals surface area contributed by atoms with Gasteiger partial charge in [0.1, 0.15) is 19.0 Å². The lowest BCUT2D eigenvalue weighted by Gasteiger charge is -2.08. The molecule has 0 aliphatic heterocycles. The summed E-state index contributed by atoms with van der Waals surface area (Å²) in [5, 5.41) is 2.78. The number of anilines is 1. The van der Waals surface area contributed by atoms with Crippen LogP contribution in [0.25, 0.3) is 0 Å². The van der Waals surface area contributed by atoms with E-state index in [0.29, 0.717) is 25.7 Å². The lowest BCUT2D eigenvalue weighted by atomic mass is 10.3. The van der Waals surface area contributed by atoms with Gasteiger partial charge in [-0.25, -0.2) is 0 Å². The standard InChI is InChI=1S/C14H20N2O3.ClH/c15-7-8-19-13-5-3-12(4-6-13)16-14(17)10-18-9-11-1-2-11;/h3-6,11H,1-2,7-10,15H2,(H,16,17);1H. The fraction of sp³-hybridized carbons (Fsp3) is 0.500. The number of carbonyl (C=O) groups is 1. The Kier molecular flexibility index (Phi) is 7.36. The molecule has 6 heteroatoms. The van der Waals surface area contributed by atoms with E-state index in [1.54, 1.807) is 24.3 Å². The van der Waals surface area contributed by atoms with Gasteiger partial charge < -0.3 is 20.5 Å². The number of rotatable bonds is 8. The number of hydrogen-bond acceptors (Lipinski definition) is 4. The highest BCUT2D eigenvalue weighted by molar-refractivity contribution is 5.91. The van der Waals surface area contributed by atoms with Gasteiger partial charge in [0, 0.05) is 12.2 Å². The molecule has 0 atom stereocenters. The molecule has 0 radical (unpaired) electrons. The van der Waals surface area contributed by atoms with E-state index in [1.165, 1.54) is 12.8 Å².